The highest BCUT2D eigenvalue weighted by Gasteiger charge is 2.17. The van der Waals surface area contributed by atoms with E-state index in [-0.39, 0.29) is 17.0 Å². The molecule has 9 heteroatoms. The fourth-order valence-corrected chi connectivity index (χ4v) is 4.69. The van der Waals surface area contributed by atoms with Crippen molar-refractivity contribution in [2.75, 3.05) is 30.6 Å². The first-order valence-electron chi connectivity index (χ1n) is 7.39. The summed E-state index contributed by atoms with van der Waals surface area (Å²) in [5.41, 5.74) is 3.77. The van der Waals surface area contributed by atoms with Gasteiger partial charge in [-0.05, 0) is 36.6 Å². The van der Waals surface area contributed by atoms with E-state index < -0.39 is 5.97 Å². The lowest BCUT2D eigenvalue weighted by atomic mass is 10.2. The van der Waals surface area contributed by atoms with Crippen molar-refractivity contribution in [1.29, 1.82) is 0 Å². The second kappa shape index (κ2) is 8.90. The number of carboxylic acid groups (broad SMARTS) is 1. The van der Waals surface area contributed by atoms with Crippen LogP contribution in [0, 0.1) is 0 Å². The molecule has 0 saturated heterocycles. The Labute approximate surface area is 174 Å². The topological polar surface area (TPSA) is 65.5 Å². The predicted octanol–water partition coefficient (Wildman–Crippen LogP) is 5.68. The molecule has 1 aromatic carbocycles. The van der Waals surface area contributed by atoms with Gasteiger partial charge in [0.1, 0.15) is 4.88 Å². The lowest BCUT2D eigenvalue weighted by Gasteiger charge is -2.12. The van der Waals surface area contributed by atoms with Gasteiger partial charge >= 0.3 is 5.97 Å². The van der Waals surface area contributed by atoms with E-state index in [1.54, 1.807) is 17.8 Å². The van der Waals surface area contributed by atoms with Crippen LogP contribution in [-0.2, 0) is 0 Å². The molecule has 0 unspecified atom stereocenters. The van der Waals surface area contributed by atoms with Crippen molar-refractivity contribution in [3.8, 4) is 11.3 Å². The molecule has 0 saturated carbocycles. The molecular weight excluding hydrogens is 454 g/mol. The summed E-state index contributed by atoms with van der Waals surface area (Å²) in [4.78, 5) is 18.2. The first-order valence-corrected chi connectivity index (χ1v) is 10.3. The standard InChI is InChI=1S/C17H17N3O2S3.BrH/c1-20(2)11-6-4-10(5-7-11)18-17-19-13(9-24-17)12-8-14(15(21)22)25-16(12)23-3;/h4-9H,1-3H3,(H,18,19)(H,21,22);1H. The van der Waals surface area contributed by atoms with Crippen molar-refractivity contribution in [3.05, 3.63) is 40.6 Å². The molecule has 138 valence electrons. The van der Waals surface area contributed by atoms with Crippen molar-refractivity contribution in [1.82, 2.24) is 4.98 Å². The molecule has 0 fully saturated rings. The molecule has 0 radical (unpaired) electrons. The predicted molar refractivity (Wildman–Crippen MR) is 119 cm³/mol. The van der Waals surface area contributed by atoms with Gasteiger partial charge in [-0.15, -0.1) is 51.4 Å². The maximum Gasteiger partial charge on any atom is 0.345 e. The van der Waals surface area contributed by atoms with Crippen LogP contribution in [0.1, 0.15) is 9.67 Å². The zero-order valence-electron chi connectivity index (χ0n) is 14.3. The minimum atomic E-state index is -0.902. The van der Waals surface area contributed by atoms with E-state index in [0.29, 0.717) is 4.88 Å². The molecule has 2 aromatic heterocycles. The van der Waals surface area contributed by atoms with Crippen LogP contribution in [0.4, 0.5) is 16.5 Å². The molecule has 3 rings (SSSR count). The van der Waals surface area contributed by atoms with E-state index in [4.69, 9.17) is 0 Å². The first-order chi connectivity index (χ1) is 12.0. The number of thioether (sulfide) groups is 1. The van der Waals surface area contributed by atoms with Gasteiger partial charge in [-0.1, -0.05) is 0 Å². The summed E-state index contributed by atoms with van der Waals surface area (Å²) >= 11 is 4.33. The highest BCUT2D eigenvalue weighted by molar-refractivity contribution is 8.93. The van der Waals surface area contributed by atoms with E-state index >= 15 is 0 Å². The number of aromatic carboxylic acids is 1. The highest BCUT2D eigenvalue weighted by Crippen LogP contribution is 2.39. The van der Waals surface area contributed by atoms with Crippen LogP contribution in [0.2, 0.25) is 0 Å². The molecule has 2 heterocycles. The third-order valence-corrected chi connectivity index (χ3v) is 6.53. The van der Waals surface area contributed by atoms with Gasteiger partial charge in [0.05, 0.1) is 9.90 Å². The van der Waals surface area contributed by atoms with Crippen LogP contribution < -0.4 is 10.2 Å². The number of nitrogens with zero attached hydrogens (tertiary/aromatic N) is 2. The first kappa shape index (κ1) is 20.8. The number of anilines is 3. The number of hydrogen-bond acceptors (Lipinski definition) is 7. The molecule has 0 bridgehead atoms. The third kappa shape index (κ3) is 4.59. The molecule has 0 atom stereocenters. The molecular formula is C17H18BrN3O2S3. The molecule has 0 aliphatic heterocycles. The Morgan fingerprint density at radius 1 is 1.27 bits per heavy atom. The minimum Gasteiger partial charge on any atom is -0.477 e. The Morgan fingerprint density at radius 2 is 1.96 bits per heavy atom. The fourth-order valence-electron chi connectivity index (χ4n) is 2.23. The molecule has 0 aliphatic rings. The van der Waals surface area contributed by atoms with Gasteiger partial charge in [0.2, 0.25) is 0 Å². The van der Waals surface area contributed by atoms with Crippen molar-refractivity contribution >= 4 is 73.9 Å². The summed E-state index contributed by atoms with van der Waals surface area (Å²) in [5.74, 6) is -0.902. The smallest absolute Gasteiger partial charge is 0.345 e. The van der Waals surface area contributed by atoms with Gasteiger partial charge in [0.25, 0.3) is 0 Å². The van der Waals surface area contributed by atoms with Gasteiger partial charge in [-0.2, -0.15) is 0 Å². The molecule has 26 heavy (non-hydrogen) atoms. The molecule has 5 nitrogen and oxygen atoms in total. The lowest BCUT2D eigenvalue weighted by Crippen LogP contribution is -2.08. The SMILES string of the molecule is Br.CSc1sc(C(=O)O)cc1-c1csc(Nc2ccc(N(C)C)cc2)n1. The number of benzene rings is 1. The van der Waals surface area contributed by atoms with Crippen LogP contribution >= 0.6 is 51.4 Å². The van der Waals surface area contributed by atoms with Gasteiger partial charge < -0.3 is 15.3 Å². The zero-order chi connectivity index (χ0) is 18.0. The van der Waals surface area contributed by atoms with E-state index in [2.05, 4.69) is 10.3 Å². The molecule has 0 aliphatic carbocycles. The Morgan fingerprint density at radius 3 is 2.54 bits per heavy atom. The maximum absolute atomic E-state index is 11.2. The van der Waals surface area contributed by atoms with Crippen LogP contribution in [-0.4, -0.2) is 36.4 Å². The lowest BCUT2D eigenvalue weighted by molar-refractivity contribution is 0.0702. The number of nitrogens with one attached hydrogen (secondary N) is 1. The number of carbonyl (C=O) groups is 1. The largest absolute Gasteiger partial charge is 0.477 e. The van der Waals surface area contributed by atoms with E-state index in [0.717, 1.165) is 32.0 Å². The monoisotopic (exact) mass is 471 g/mol. The van der Waals surface area contributed by atoms with Gasteiger partial charge in [-0.25, -0.2) is 9.78 Å². The minimum absolute atomic E-state index is 0. The Bertz CT molecular complexity index is 891. The van der Waals surface area contributed by atoms with Crippen molar-refractivity contribution < 1.29 is 9.90 Å². The average molecular weight is 472 g/mol. The fraction of sp³-hybridized carbons (Fsp3) is 0.176. The van der Waals surface area contributed by atoms with Crippen LogP contribution in [0.3, 0.4) is 0 Å². The summed E-state index contributed by atoms with van der Waals surface area (Å²) in [6.07, 6.45) is 1.94. The average Bonchev–Trinajstić information content (AvgIpc) is 3.21. The summed E-state index contributed by atoms with van der Waals surface area (Å²) in [7, 11) is 4.01. The molecule has 2 N–H and O–H groups in total. The van der Waals surface area contributed by atoms with Crippen LogP contribution in [0.5, 0.6) is 0 Å². The normalized spacial score (nSPS) is 10.3. The number of hydrogen-bond donors (Lipinski definition) is 2. The van der Waals surface area contributed by atoms with Crippen molar-refractivity contribution in [3.63, 3.8) is 0 Å². The number of carboxylic acids is 1. The quantitative estimate of drug-likeness (QED) is 0.450. The Kier molecular flexibility index (Phi) is 7.10. The Hall–Kier alpha value is -1.55. The van der Waals surface area contributed by atoms with Gasteiger partial charge in [-0.3, -0.25) is 0 Å². The summed E-state index contributed by atoms with van der Waals surface area (Å²) < 4.78 is 0.963. The van der Waals surface area contributed by atoms with Gasteiger partial charge in [0, 0.05) is 36.4 Å². The molecule has 0 amide bonds. The second-order valence-electron chi connectivity index (χ2n) is 5.43. The summed E-state index contributed by atoms with van der Waals surface area (Å²) in [5, 5.41) is 15.2. The van der Waals surface area contributed by atoms with E-state index in [1.165, 1.54) is 22.7 Å². The van der Waals surface area contributed by atoms with Crippen molar-refractivity contribution in [2.45, 2.75) is 4.21 Å². The van der Waals surface area contributed by atoms with Crippen molar-refractivity contribution in [2.24, 2.45) is 0 Å². The number of thiophene rings is 1. The number of aromatic nitrogens is 1. The molecule has 3 aromatic rings. The van der Waals surface area contributed by atoms with E-state index in [9.17, 15) is 9.90 Å². The van der Waals surface area contributed by atoms with Crippen LogP contribution in [0.25, 0.3) is 11.3 Å². The maximum atomic E-state index is 11.2. The zero-order valence-corrected chi connectivity index (χ0v) is 18.5. The third-order valence-electron chi connectivity index (χ3n) is 3.51. The Balaban J connectivity index is 0.00000243. The number of halogens is 1. The van der Waals surface area contributed by atoms with E-state index in [1.807, 2.05) is 54.9 Å². The van der Waals surface area contributed by atoms with Crippen LogP contribution in [0.15, 0.2) is 39.9 Å². The number of rotatable bonds is 6. The highest BCUT2D eigenvalue weighted by atomic mass is 79.9. The summed E-state index contributed by atoms with van der Waals surface area (Å²) in [6.45, 7) is 0. The molecule has 0 spiro atoms. The number of thiazole rings is 1. The summed E-state index contributed by atoms with van der Waals surface area (Å²) in [6, 6.07) is 9.80. The van der Waals surface area contributed by atoms with Gasteiger partial charge in [0.15, 0.2) is 5.13 Å². The second-order valence-corrected chi connectivity index (χ2v) is 8.41.